The van der Waals surface area contributed by atoms with Crippen LogP contribution in [-0.2, 0) is 11.2 Å². The Hall–Kier alpha value is -3.22. The van der Waals surface area contributed by atoms with Crippen molar-refractivity contribution in [1.29, 1.82) is 0 Å². The molecule has 1 aliphatic rings. The average Bonchev–Trinajstić information content (AvgIpc) is 2.87. The van der Waals surface area contributed by atoms with E-state index in [-0.39, 0.29) is 17.8 Å². The van der Waals surface area contributed by atoms with Crippen molar-refractivity contribution < 1.29 is 33.3 Å². The highest BCUT2D eigenvalue weighted by Crippen LogP contribution is 2.50. The Kier molecular flexibility index (Phi) is 5.44. The van der Waals surface area contributed by atoms with E-state index in [1.807, 2.05) is 6.07 Å². The van der Waals surface area contributed by atoms with Gasteiger partial charge in [-0.1, -0.05) is 0 Å². The first-order valence-corrected chi connectivity index (χ1v) is 8.66. The Labute approximate surface area is 163 Å². The molecule has 0 aliphatic heterocycles. The van der Waals surface area contributed by atoms with E-state index >= 15 is 0 Å². The lowest BCUT2D eigenvalue weighted by molar-refractivity contribution is 0.0597. The lowest BCUT2D eigenvalue weighted by Crippen LogP contribution is -2.08. The summed E-state index contributed by atoms with van der Waals surface area (Å²) in [6.07, 6.45) is 0.779. The SMILES string of the molecule is COC(=O)c1cc2c(cc1OC)-c1c(cc(OC)c(OC)c1OC)CCC2=O. The van der Waals surface area contributed by atoms with Crippen LogP contribution in [0.1, 0.15) is 32.7 Å². The van der Waals surface area contributed by atoms with Crippen molar-refractivity contribution in [3.05, 3.63) is 34.9 Å². The summed E-state index contributed by atoms with van der Waals surface area (Å²) in [6, 6.07) is 5.03. The molecule has 0 N–H and O–H groups in total. The lowest BCUT2D eigenvalue weighted by atomic mass is 9.92. The van der Waals surface area contributed by atoms with E-state index in [2.05, 4.69) is 0 Å². The molecular weight excluding hydrogens is 364 g/mol. The van der Waals surface area contributed by atoms with Gasteiger partial charge in [0.05, 0.1) is 35.5 Å². The molecule has 0 unspecified atom stereocenters. The molecule has 0 atom stereocenters. The highest BCUT2D eigenvalue weighted by atomic mass is 16.5. The first-order valence-electron chi connectivity index (χ1n) is 8.66. The van der Waals surface area contributed by atoms with Crippen molar-refractivity contribution in [3.8, 4) is 34.1 Å². The monoisotopic (exact) mass is 386 g/mol. The molecule has 0 aromatic heterocycles. The fourth-order valence-corrected chi connectivity index (χ4v) is 3.54. The van der Waals surface area contributed by atoms with Crippen molar-refractivity contribution in [1.82, 2.24) is 0 Å². The molecule has 3 rings (SSSR count). The average molecular weight is 386 g/mol. The number of hydrogen-bond donors (Lipinski definition) is 0. The van der Waals surface area contributed by atoms with Gasteiger partial charge in [-0.3, -0.25) is 4.79 Å². The minimum absolute atomic E-state index is 0.0843. The highest BCUT2D eigenvalue weighted by Gasteiger charge is 2.30. The number of hydrogen-bond acceptors (Lipinski definition) is 7. The molecule has 0 heterocycles. The van der Waals surface area contributed by atoms with E-state index in [0.29, 0.717) is 40.5 Å². The van der Waals surface area contributed by atoms with Gasteiger partial charge in [0.1, 0.15) is 11.3 Å². The minimum Gasteiger partial charge on any atom is -0.496 e. The minimum atomic E-state index is -0.573. The lowest BCUT2D eigenvalue weighted by Gasteiger charge is -2.20. The number of carbonyl (C=O) groups excluding carboxylic acids is 2. The van der Waals surface area contributed by atoms with Gasteiger partial charge in [-0.15, -0.1) is 0 Å². The fraction of sp³-hybridized carbons (Fsp3) is 0.333. The van der Waals surface area contributed by atoms with Crippen molar-refractivity contribution >= 4 is 11.8 Å². The summed E-state index contributed by atoms with van der Waals surface area (Å²) in [4.78, 5) is 25.0. The second-order valence-corrected chi connectivity index (χ2v) is 6.19. The number of ether oxygens (including phenoxy) is 5. The molecule has 0 saturated heterocycles. The summed E-state index contributed by atoms with van der Waals surface area (Å²) < 4.78 is 26.8. The maximum atomic E-state index is 12.8. The van der Waals surface area contributed by atoms with Gasteiger partial charge >= 0.3 is 5.97 Å². The fourth-order valence-electron chi connectivity index (χ4n) is 3.54. The number of carbonyl (C=O) groups is 2. The zero-order chi connectivity index (χ0) is 20.4. The van der Waals surface area contributed by atoms with Crippen molar-refractivity contribution in [2.75, 3.05) is 35.5 Å². The second-order valence-electron chi connectivity index (χ2n) is 6.19. The van der Waals surface area contributed by atoms with Crippen LogP contribution in [0, 0.1) is 0 Å². The molecule has 0 radical (unpaired) electrons. The Bertz CT molecular complexity index is 947. The van der Waals surface area contributed by atoms with Crippen LogP contribution in [0.25, 0.3) is 11.1 Å². The van der Waals surface area contributed by atoms with Crippen molar-refractivity contribution in [2.24, 2.45) is 0 Å². The predicted octanol–water partition coefficient (Wildman–Crippen LogP) is 3.30. The Morgan fingerprint density at radius 1 is 0.786 bits per heavy atom. The standard InChI is InChI=1S/C21H22O7/c1-24-16-10-13-12(9-14(16)21(23)28-5)15(22)7-6-11-8-17(25-2)19(26-3)20(27-4)18(11)13/h8-10H,6-7H2,1-5H3. The topological polar surface area (TPSA) is 80.3 Å². The van der Waals surface area contributed by atoms with Crippen molar-refractivity contribution in [3.63, 3.8) is 0 Å². The normalized spacial score (nSPS) is 12.4. The van der Waals surface area contributed by atoms with Gasteiger partial charge in [-0.25, -0.2) is 4.79 Å². The quantitative estimate of drug-likeness (QED) is 0.730. The Morgan fingerprint density at radius 2 is 1.46 bits per heavy atom. The summed E-state index contributed by atoms with van der Waals surface area (Å²) in [5, 5.41) is 0. The largest absolute Gasteiger partial charge is 0.496 e. The summed E-state index contributed by atoms with van der Waals surface area (Å²) in [6.45, 7) is 0. The third-order valence-electron chi connectivity index (χ3n) is 4.85. The number of aryl methyl sites for hydroxylation is 1. The van der Waals surface area contributed by atoms with Gasteiger partial charge in [0.15, 0.2) is 17.3 Å². The summed E-state index contributed by atoms with van der Waals surface area (Å²) >= 11 is 0. The number of methoxy groups -OCH3 is 5. The van der Waals surface area contributed by atoms with E-state index in [0.717, 1.165) is 11.1 Å². The van der Waals surface area contributed by atoms with Gasteiger partial charge in [0, 0.05) is 23.1 Å². The first-order chi connectivity index (χ1) is 13.5. The molecule has 0 spiro atoms. The molecule has 148 valence electrons. The number of Topliss-reactive ketones (excluding diaryl/α,β-unsaturated/α-hetero) is 1. The zero-order valence-corrected chi connectivity index (χ0v) is 16.5. The number of esters is 1. The van der Waals surface area contributed by atoms with Crippen LogP contribution in [0.5, 0.6) is 23.0 Å². The number of rotatable bonds is 5. The summed E-state index contributed by atoms with van der Waals surface area (Å²) in [7, 11) is 7.34. The number of benzene rings is 2. The Balaban J connectivity index is 2.40. The van der Waals surface area contributed by atoms with Crippen LogP contribution in [0.4, 0.5) is 0 Å². The third-order valence-corrected chi connectivity index (χ3v) is 4.85. The van der Waals surface area contributed by atoms with Gasteiger partial charge in [0.2, 0.25) is 5.75 Å². The van der Waals surface area contributed by atoms with E-state index in [1.54, 1.807) is 13.2 Å². The molecule has 0 saturated carbocycles. The van der Waals surface area contributed by atoms with Crippen LogP contribution in [0.3, 0.4) is 0 Å². The smallest absolute Gasteiger partial charge is 0.341 e. The number of fused-ring (bicyclic) bond motifs is 3. The van der Waals surface area contributed by atoms with E-state index in [9.17, 15) is 9.59 Å². The molecule has 2 aromatic carbocycles. The predicted molar refractivity (Wildman–Crippen MR) is 102 cm³/mol. The molecular formula is C21H22O7. The summed E-state index contributed by atoms with van der Waals surface area (Å²) in [5.74, 6) is 1.06. The highest BCUT2D eigenvalue weighted by molar-refractivity contribution is 6.08. The van der Waals surface area contributed by atoms with E-state index in [1.165, 1.54) is 34.5 Å². The van der Waals surface area contributed by atoms with Crippen molar-refractivity contribution in [2.45, 2.75) is 12.8 Å². The summed E-state index contributed by atoms with van der Waals surface area (Å²) in [5.41, 5.74) is 2.82. The van der Waals surface area contributed by atoms with E-state index < -0.39 is 5.97 Å². The molecule has 0 bridgehead atoms. The second kappa shape index (κ2) is 7.80. The first kappa shape index (κ1) is 19.5. The molecule has 2 aromatic rings. The van der Waals surface area contributed by atoms with Gasteiger partial charge in [-0.2, -0.15) is 0 Å². The molecule has 0 amide bonds. The molecule has 0 fully saturated rings. The molecule has 1 aliphatic carbocycles. The van der Waals surface area contributed by atoms with Gasteiger partial charge < -0.3 is 23.7 Å². The maximum Gasteiger partial charge on any atom is 0.341 e. The molecule has 7 heteroatoms. The van der Waals surface area contributed by atoms with Gasteiger partial charge in [0.25, 0.3) is 0 Å². The zero-order valence-electron chi connectivity index (χ0n) is 16.5. The molecule has 28 heavy (non-hydrogen) atoms. The Morgan fingerprint density at radius 3 is 2.04 bits per heavy atom. The molecule has 7 nitrogen and oxygen atoms in total. The van der Waals surface area contributed by atoms with Crippen LogP contribution in [0.2, 0.25) is 0 Å². The van der Waals surface area contributed by atoms with Crippen LogP contribution in [-0.4, -0.2) is 47.3 Å². The maximum absolute atomic E-state index is 12.8. The van der Waals surface area contributed by atoms with Crippen LogP contribution < -0.4 is 18.9 Å². The van der Waals surface area contributed by atoms with Crippen LogP contribution >= 0.6 is 0 Å². The third kappa shape index (κ3) is 3.02. The van der Waals surface area contributed by atoms with Gasteiger partial charge in [-0.05, 0) is 30.2 Å². The van der Waals surface area contributed by atoms with Crippen LogP contribution in [0.15, 0.2) is 18.2 Å². The van der Waals surface area contributed by atoms with E-state index in [4.69, 9.17) is 23.7 Å². The number of ketones is 1.